The molecule has 0 spiro atoms. The van der Waals surface area contributed by atoms with Gasteiger partial charge in [0, 0.05) is 18.4 Å². The van der Waals surface area contributed by atoms with E-state index in [4.69, 9.17) is 4.98 Å². The molecule has 4 bridgehead atoms. The van der Waals surface area contributed by atoms with Gasteiger partial charge in [-0.05, 0) is 104 Å². The number of rotatable bonds is 7. The molecule has 1 aromatic heterocycles. The van der Waals surface area contributed by atoms with Crippen molar-refractivity contribution in [2.45, 2.75) is 51.4 Å². The first kappa shape index (κ1) is 21.5. The average Bonchev–Trinajstić information content (AvgIpc) is 2.79. The molecule has 0 atom stereocenters. The monoisotopic (exact) mass is 455 g/mol. The lowest BCUT2D eigenvalue weighted by molar-refractivity contribution is -0.124. The van der Waals surface area contributed by atoms with Crippen LogP contribution >= 0.6 is 0 Å². The van der Waals surface area contributed by atoms with Crippen molar-refractivity contribution in [3.8, 4) is 5.75 Å². The van der Waals surface area contributed by atoms with Gasteiger partial charge >= 0.3 is 0 Å². The van der Waals surface area contributed by atoms with Crippen LogP contribution in [0.4, 0.5) is 11.5 Å². The summed E-state index contributed by atoms with van der Waals surface area (Å²) in [5, 5.41) is 17.5. The number of anilines is 2. The van der Waals surface area contributed by atoms with Crippen LogP contribution in [0.15, 0.2) is 54.6 Å². The second-order valence-corrected chi connectivity index (χ2v) is 11.0. The summed E-state index contributed by atoms with van der Waals surface area (Å²) >= 11 is 0. The number of nitrogens with zero attached hydrogens (tertiary/aromatic N) is 1. The molecule has 2 aromatic carbocycles. The van der Waals surface area contributed by atoms with Gasteiger partial charge in [0.15, 0.2) is 0 Å². The Morgan fingerprint density at radius 3 is 2.41 bits per heavy atom. The Hall–Kier alpha value is -3.08. The van der Waals surface area contributed by atoms with E-state index in [9.17, 15) is 9.90 Å². The molecule has 1 amide bonds. The summed E-state index contributed by atoms with van der Waals surface area (Å²) in [5.41, 5.74) is 2.87. The van der Waals surface area contributed by atoms with Gasteiger partial charge in [0.05, 0.1) is 11.2 Å². The maximum Gasteiger partial charge on any atom is 0.224 e. The standard InChI is InChI=1S/C29H33N3O2/c33-26-7-2-1-4-22(26)10-11-30-27-9-8-23-24(31-27)5-3-6-25(23)32-28(34)18-29-15-19-12-20(16-29)14-21(13-19)17-29/h1-9,19-21,33H,10-18H2,(H,30,31)(H,32,34). The van der Waals surface area contributed by atoms with E-state index >= 15 is 0 Å². The molecule has 7 rings (SSSR count). The number of phenolic OH excluding ortho intramolecular Hbond substituents is 1. The first-order valence-electron chi connectivity index (χ1n) is 12.8. The Morgan fingerprint density at radius 1 is 0.941 bits per heavy atom. The van der Waals surface area contributed by atoms with Crippen LogP contribution in [0.1, 0.15) is 50.5 Å². The molecule has 0 saturated heterocycles. The normalized spacial score (nSPS) is 27.1. The van der Waals surface area contributed by atoms with E-state index in [0.29, 0.717) is 25.1 Å². The van der Waals surface area contributed by atoms with Crippen LogP contribution in [-0.2, 0) is 11.2 Å². The predicted molar refractivity (Wildman–Crippen MR) is 136 cm³/mol. The summed E-state index contributed by atoms with van der Waals surface area (Å²) in [7, 11) is 0. The van der Waals surface area contributed by atoms with Crippen LogP contribution in [0.3, 0.4) is 0 Å². The molecule has 0 aliphatic heterocycles. The summed E-state index contributed by atoms with van der Waals surface area (Å²) in [6, 6.07) is 17.3. The van der Waals surface area contributed by atoms with Gasteiger partial charge in [0.2, 0.25) is 5.91 Å². The largest absolute Gasteiger partial charge is 0.508 e. The number of aromatic hydroxyl groups is 1. The Balaban J connectivity index is 1.12. The molecule has 0 unspecified atom stereocenters. The number of hydrogen-bond donors (Lipinski definition) is 3. The van der Waals surface area contributed by atoms with Crippen molar-refractivity contribution >= 4 is 28.3 Å². The van der Waals surface area contributed by atoms with Crippen LogP contribution in [0.5, 0.6) is 5.75 Å². The maximum absolute atomic E-state index is 13.1. The second-order valence-electron chi connectivity index (χ2n) is 11.0. The quantitative estimate of drug-likeness (QED) is 0.400. The zero-order valence-corrected chi connectivity index (χ0v) is 19.6. The number of phenols is 1. The van der Waals surface area contributed by atoms with Gasteiger partial charge in [-0.3, -0.25) is 4.79 Å². The minimum absolute atomic E-state index is 0.152. The van der Waals surface area contributed by atoms with E-state index in [1.54, 1.807) is 6.07 Å². The number of carbonyl (C=O) groups is 1. The van der Waals surface area contributed by atoms with Gasteiger partial charge < -0.3 is 15.7 Å². The van der Waals surface area contributed by atoms with E-state index < -0.39 is 0 Å². The minimum Gasteiger partial charge on any atom is -0.508 e. The fourth-order valence-electron chi connectivity index (χ4n) is 7.45. The van der Waals surface area contributed by atoms with Crippen molar-refractivity contribution in [2.75, 3.05) is 17.2 Å². The second kappa shape index (κ2) is 8.61. The lowest BCUT2D eigenvalue weighted by Crippen LogP contribution is -2.47. The number of pyridine rings is 1. The smallest absolute Gasteiger partial charge is 0.224 e. The molecule has 176 valence electrons. The summed E-state index contributed by atoms with van der Waals surface area (Å²) in [4.78, 5) is 17.9. The third-order valence-corrected chi connectivity index (χ3v) is 8.40. The zero-order valence-electron chi connectivity index (χ0n) is 19.6. The van der Waals surface area contributed by atoms with Crippen molar-refractivity contribution in [3.05, 3.63) is 60.2 Å². The Morgan fingerprint density at radius 2 is 1.68 bits per heavy atom. The highest BCUT2D eigenvalue weighted by Crippen LogP contribution is 2.61. The Kier molecular flexibility index (Phi) is 5.43. The molecule has 5 nitrogen and oxygen atoms in total. The molecule has 0 radical (unpaired) electrons. The molecule has 4 fully saturated rings. The topological polar surface area (TPSA) is 74.2 Å². The lowest BCUT2D eigenvalue weighted by Gasteiger charge is -2.56. The molecule has 5 heteroatoms. The SMILES string of the molecule is O=C(CC12CC3CC(CC(C3)C1)C2)Nc1cccc2nc(NCCc3ccccc3O)ccc12. The van der Waals surface area contributed by atoms with E-state index in [-0.39, 0.29) is 11.3 Å². The number of fused-ring (bicyclic) bond motifs is 1. The highest BCUT2D eigenvalue weighted by Gasteiger charge is 2.51. The van der Waals surface area contributed by atoms with Crippen LogP contribution in [0.2, 0.25) is 0 Å². The number of para-hydroxylation sites is 1. The van der Waals surface area contributed by atoms with Gasteiger partial charge in [0.1, 0.15) is 11.6 Å². The van der Waals surface area contributed by atoms with E-state index in [1.165, 1.54) is 38.5 Å². The molecule has 3 N–H and O–H groups in total. The van der Waals surface area contributed by atoms with Gasteiger partial charge in [-0.15, -0.1) is 0 Å². The minimum atomic E-state index is 0.152. The third kappa shape index (κ3) is 4.24. The maximum atomic E-state index is 13.1. The molecule has 4 aliphatic carbocycles. The zero-order chi connectivity index (χ0) is 23.1. The van der Waals surface area contributed by atoms with Crippen LogP contribution in [0, 0.1) is 23.2 Å². The van der Waals surface area contributed by atoms with Crippen LogP contribution in [-0.4, -0.2) is 22.5 Å². The van der Waals surface area contributed by atoms with Crippen molar-refractivity contribution in [3.63, 3.8) is 0 Å². The van der Waals surface area contributed by atoms with Gasteiger partial charge in [-0.1, -0.05) is 24.3 Å². The van der Waals surface area contributed by atoms with Crippen molar-refractivity contribution in [1.29, 1.82) is 0 Å². The van der Waals surface area contributed by atoms with E-state index in [1.807, 2.05) is 48.5 Å². The van der Waals surface area contributed by atoms with Gasteiger partial charge in [-0.2, -0.15) is 0 Å². The summed E-state index contributed by atoms with van der Waals surface area (Å²) in [5.74, 6) is 3.84. The molecule has 4 aliphatic rings. The fraction of sp³-hybridized carbons (Fsp3) is 0.448. The number of nitrogens with one attached hydrogen (secondary N) is 2. The number of aromatic nitrogens is 1. The Labute approximate surface area is 201 Å². The summed E-state index contributed by atoms with van der Waals surface area (Å²) < 4.78 is 0. The lowest BCUT2D eigenvalue weighted by atomic mass is 9.49. The number of amides is 1. The molecule has 3 aromatic rings. The van der Waals surface area contributed by atoms with Crippen molar-refractivity contribution < 1.29 is 9.90 Å². The van der Waals surface area contributed by atoms with Crippen LogP contribution < -0.4 is 10.6 Å². The highest BCUT2D eigenvalue weighted by atomic mass is 16.3. The fourth-order valence-corrected chi connectivity index (χ4v) is 7.45. The first-order chi connectivity index (χ1) is 16.6. The number of benzene rings is 2. The third-order valence-electron chi connectivity index (χ3n) is 8.40. The van der Waals surface area contributed by atoms with Crippen molar-refractivity contribution in [2.24, 2.45) is 23.2 Å². The highest BCUT2D eigenvalue weighted by molar-refractivity contribution is 6.01. The molecular formula is C29H33N3O2. The first-order valence-corrected chi connectivity index (χ1v) is 12.8. The van der Waals surface area contributed by atoms with E-state index in [0.717, 1.165) is 45.7 Å². The molecule has 1 heterocycles. The van der Waals surface area contributed by atoms with E-state index in [2.05, 4.69) is 10.6 Å². The van der Waals surface area contributed by atoms with Gasteiger partial charge in [-0.25, -0.2) is 4.98 Å². The number of carbonyl (C=O) groups excluding carboxylic acids is 1. The van der Waals surface area contributed by atoms with Gasteiger partial charge in [0.25, 0.3) is 0 Å². The molecular weight excluding hydrogens is 422 g/mol. The predicted octanol–water partition coefficient (Wildman–Crippen LogP) is 6.14. The van der Waals surface area contributed by atoms with Crippen LogP contribution in [0.25, 0.3) is 10.9 Å². The summed E-state index contributed by atoms with van der Waals surface area (Å²) in [6.07, 6.45) is 9.33. The molecule has 4 saturated carbocycles. The number of hydrogen-bond acceptors (Lipinski definition) is 4. The molecule has 34 heavy (non-hydrogen) atoms. The summed E-state index contributed by atoms with van der Waals surface area (Å²) in [6.45, 7) is 0.678. The average molecular weight is 456 g/mol. The van der Waals surface area contributed by atoms with Crippen molar-refractivity contribution in [1.82, 2.24) is 4.98 Å². The Bertz CT molecular complexity index is 1190.